The van der Waals surface area contributed by atoms with Crippen LogP contribution in [0.1, 0.15) is 26.2 Å². The summed E-state index contributed by atoms with van der Waals surface area (Å²) >= 11 is 0. The Morgan fingerprint density at radius 3 is 2.81 bits per heavy atom. The summed E-state index contributed by atoms with van der Waals surface area (Å²) in [6, 6.07) is 1.84. The summed E-state index contributed by atoms with van der Waals surface area (Å²) in [5.41, 5.74) is 0.920. The molecule has 1 N–H and O–H groups in total. The minimum absolute atomic E-state index is 0.0187. The average Bonchev–Trinajstić information content (AvgIpc) is 2.25. The molecule has 88 valence electrons. The first-order chi connectivity index (χ1) is 7.56. The van der Waals surface area contributed by atoms with Gasteiger partial charge >= 0.3 is 0 Å². The number of hydrogen-bond acceptors (Lipinski definition) is 2. The largest absolute Gasteiger partial charge is 0.343 e. The third kappa shape index (κ3) is 3.06. The number of halogens is 1. The molecule has 2 unspecified atom stereocenters. The molecule has 0 heterocycles. The molecule has 0 aromatic carbocycles. The van der Waals surface area contributed by atoms with E-state index in [-0.39, 0.29) is 30.7 Å². The smallest absolute Gasteiger partial charge is 0.224 e. The molecule has 1 aliphatic rings. The Labute approximate surface area is 95.3 Å². The summed E-state index contributed by atoms with van der Waals surface area (Å²) in [5.74, 6) is -0.544. The van der Waals surface area contributed by atoms with Crippen molar-refractivity contribution in [3.63, 3.8) is 0 Å². The molecular weight excluding hydrogens is 207 g/mol. The van der Waals surface area contributed by atoms with Crippen molar-refractivity contribution >= 4 is 5.91 Å². The number of carbonyl (C=O) groups excluding carboxylic acids is 1. The molecule has 16 heavy (non-hydrogen) atoms. The van der Waals surface area contributed by atoms with Crippen LogP contribution < -0.4 is 5.32 Å². The molecule has 0 aromatic heterocycles. The maximum absolute atomic E-state index is 13.3. The topological polar surface area (TPSA) is 52.9 Å². The SMILES string of the molecule is C=C(C)[C@@H]1CCC(F)CC1C(=O)NCC#N. The fraction of sp³-hybridized carbons (Fsp3) is 0.667. The predicted molar refractivity (Wildman–Crippen MR) is 59.2 cm³/mol. The molecule has 3 atom stereocenters. The van der Waals surface area contributed by atoms with E-state index in [0.717, 1.165) is 5.57 Å². The zero-order valence-electron chi connectivity index (χ0n) is 9.50. The third-order valence-electron chi connectivity index (χ3n) is 3.10. The Morgan fingerprint density at radius 1 is 1.56 bits per heavy atom. The molecule has 0 saturated heterocycles. The second kappa shape index (κ2) is 5.64. The van der Waals surface area contributed by atoms with Crippen LogP contribution in [0.25, 0.3) is 0 Å². The first kappa shape index (κ1) is 12.7. The van der Waals surface area contributed by atoms with Gasteiger partial charge in [0.05, 0.1) is 6.07 Å². The maximum Gasteiger partial charge on any atom is 0.224 e. The quantitative estimate of drug-likeness (QED) is 0.588. The van der Waals surface area contributed by atoms with Gasteiger partial charge in [0.25, 0.3) is 0 Å². The van der Waals surface area contributed by atoms with E-state index in [2.05, 4.69) is 11.9 Å². The highest BCUT2D eigenvalue weighted by Crippen LogP contribution is 2.35. The van der Waals surface area contributed by atoms with Crippen LogP contribution >= 0.6 is 0 Å². The van der Waals surface area contributed by atoms with Crippen molar-refractivity contribution in [1.29, 1.82) is 5.26 Å². The van der Waals surface area contributed by atoms with Crippen molar-refractivity contribution in [2.75, 3.05) is 6.54 Å². The molecular formula is C12H17FN2O. The lowest BCUT2D eigenvalue weighted by atomic mass is 9.75. The Hall–Kier alpha value is -1.37. The highest BCUT2D eigenvalue weighted by molar-refractivity contribution is 5.79. The number of hydrogen-bond donors (Lipinski definition) is 1. The Morgan fingerprint density at radius 2 is 2.25 bits per heavy atom. The van der Waals surface area contributed by atoms with E-state index in [1.807, 2.05) is 13.0 Å². The number of carbonyl (C=O) groups is 1. The molecule has 0 radical (unpaired) electrons. The van der Waals surface area contributed by atoms with Crippen molar-refractivity contribution in [1.82, 2.24) is 5.32 Å². The molecule has 1 rings (SSSR count). The number of allylic oxidation sites excluding steroid dienone is 1. The summed E-state index contributed by atoms with van der Waals surface area (Å²) in [5, 5.41) is 10.9. The van der Waals surface area contributed by atoms with Gasteiger partial charge in [0.1, 0.15) is 12.7 Å². The van der Waals surface area contributed by atoms with Crippen LogP contribution in [0.3, 0.4) is 0 Å². The minimum Gasteiger partial charge on any atom is -0.343 e. The van der Waals surface area contributed by atoms with E-state index in [9.17, 15) is 9.18 Å². The summed E-state index contributed by atoms with van der Waals surface area (Å²) in [6.45, 7) is 5.70. The van der Waals surface area contributed by atoms with Crippen LogP contribution in [0.15, 0.2) is 12.2 Å². The van der Waals surface area contributed by atoms with Gasteiger partial charge in [-0.1, -0.05) is 12.2 Å². The third-order valence-corrected chi connectivity index (χ3v) is 3.10. The van der Waals surface area contributed by atoms with Crippen LogP contribution in [0.5, 0.6) is 0 Å². The minimum atomic E-state index is -0.909. The Bertz CT molecular complexity index is 321. The monoisotopic (exact) mass is 224 g/mol. The Kier molecular flexibility index (Phi) is 4.48. The zero-order chi connectivity index (χ0) is 12.1. The van der Waals surface area contributed by atoms with Crippen molar-refractivity contribution < 1.29 is 9.18 Å². The van der Waals surface area contributed by atoms with Crippen molar-refractivity contribution in [3.8, 4) is 6.07 Å². The molecule has 0 spiro atoms. The lowest BCUT2D eigenvalue weighted by Crippen LogP contribution is -2.39. The number of nitriles is 1. The van der Waals surface area contributed by atoms with Crippen LogP contribution in [0.4, 0.5) is 4.39 Å². The first-order valence-electron chi connectivity index (χ1n) is 5.50. The second-order valence-corrected chi connectivity index (χ2v) is 4.35. The number of amides is 1. The summed E-state index contributed by atoms with van der Waals surface area (Å²) in [6.07, 6.45) is 0.503. The second-order valence-electron chi connectivity index (χ2n) is 4.35. The van der Waals surface area contributed by atoms with Gasteiger partial charge in [0, 0.05) is 5.92 Å². The number of alkyl halides is 1. The molecule has 1 fully saturated rings. The highest BCUT2D eigenvalue weighted by Gasteiger charge is 2.35. The van der Waals surface area contributed by atoms with Gasteiger partial charge in [-0.05, 0) is 32.1 Å². The summed E-state index contributed by atoms with van der Waals surface area (Å²) in [7, 11) is 0. The predicted octanol–water partition coefficient (Wildman–Crippen LogP) is 1.96. The molecule has 0 bridgehead atoms. The fourth-order valence-corrected chi connectivity index (χ4v) is 2.26. The van der Waals surface area contributed by atoms with Crippen molar-refractivity contribution in [3.05, 3.63) is 12.2 Å². The maximum atomic E-state index is 13.3. The lowest BCUT2D eigenvalue weighted by Gasteiger charge is -2.32. The Balaban J connectivity index is 2.67. The lowest BCUT2D eigenvalue weighted by molar-refractivity contribution is -0.127. The zero-order valence-corrected chi connectivity index (χ0v) is 9.50. The number of nitrogens with zero attached hydrogens (tertiary/aromatic N) is 1. The normalized spacial score (nSPS) is 29.2. The molecule has 0 aliphatic heterocycles. The van der Waals surface area contributed by atoms with E-state index >= 15 is 0 Å². The van der Waals surface area contributed by atoms with Crippen LogP contribution in [-0.4, -0.2) is 18.6 Å². The fourth-order valence-electron chi connectivity index (χ4n) is 2.26. The molecule has 3 nitrogen and oxygen atoms in total. The van der Waals surface area contributed by atoms with Gasteiger partial charge in [0.2, 0.25) is 5.91 Å². The van der Waals surface area contributed by atoms with Crippen LogP contribution in [0, 0.1) is 23.2 Å². The number of nitrogens with one attached hydrogen (secondary N) is 1. The standard InChI is InChI=1S/C12H17FN2O/c1-8(2)10-4-3-9(13)7-11(10)12(16)15-6-5-14/h9-11H,1,3-4,6-7H2,2H3,(H,15,16)/t9?,10-,11?/m0/s1. The molecule has 0 aromatic rings. The molecule has 1 amide bonds. The molecule has 4 heteroatoms. The molecule has 1 saturated carbocycles. The van der Waals surface area contributed by atoms with Crippen molar-refractivity contribution in [2.24, 2.45) is 11.8 Å². The summed E-state index contributed by atoms with van der Waals surface area (Å²) < 4.78 is 13.3. The van der Waals surface area contributed by atoms with Gasteiger partial charge in [-0.15, -0.1) is 0 Å². The van der Waals surface area contributed by atoms with Gasteiger partial charge in [0.15, 0.2) is 0 Å². The summed E-state index contributed by atoms with van der Waals surface area (Å²) in [4.78, 5) is 11.7. The van der Waals surface area contributed by atoms with Gasteiger partial charge in [-0.2, -0.15) is 5.26 Å². The van der Waals surface area contributed by atoms with Crippen LogP contribution in [0.2, 0.25) is 0 Å². The van der Waals surface area contributed by atoms with E-state index in [1.165, 1.54) is 0 Å². The van der Waals surface area contributed by atoms with E-state index in [1.54, 1.807) is 0 Å². The van der Waals surface area contributed by atoms with Gasteiger partial charge in [-0.25, -0.2) is 4.39 Å². The van der Waals surface area contributed by atoms with Crippen LogP contribution in [-0.2, 0) is 4.79 Å². The van der Waals surface area contributed by atoms with Crippen molar-refractivity contribution in [2.45, 2.75) is 32.4 Å². The highest BCUT2D eigenvalue weighted by atomic mass is 19.1. The van der Waals surface area contributed by atoms with E-state index in [0.29, 0.717) is 12.8 Å². The molecule has 1 aliphatic carbocycles. The van der Waals surface area contributed by atoms with E-state index in [4.69, 9.17) is 5.26 Å². The van der Waals surface area contributed by atoms with E-state index < -0.39 is 6.17 Å². The average molecular weight is 224 g/mol. The van der Waals surface area contributed by atoms with Gasteiger partial charge < -0.3 is 5.32 Å². The van der Waals surface area contributed by atoms with Gasteiger partial charge in [-0.3, -0.25) is 4.79 Å². The first-order valence-corrected chi connectivity index (χ1v) is 5.50. The number of rotatable bonds is 3.